The fourth-order valence-corrected chi connectivity index (χ4v) is 4.68. The number of nitrogens with one attached hydrogen (secondary N) is 1. The zero-order valence-corrected chi connectivity index (χ0v) is 16.6. The number of hydrogen-bond acceptors (Lipinski definition) is 6. The number of sulfone groups is 1. The van der Waals surface area contributed by atoms with Crippen LogP contribution in [-0.4, -0.2) is 30.0 Å². The van der Waals surface area contributed by atoms with E-state index in [1.54, 1.807) is 35.8 Å². The third-order valence-electron chi connectivity index (χ3n) is 3.30. The molecule has 26 heavy (non-hydrogen) atoms. The number of benzene rings is 1. The van der Waals surface area contributed by atoms with Gasteiger partial charge in [-0.25, -0.2) is 13.4 Å². The molecule has 0 aliphatic carbocycles. The van der Waals surface area contributed by atoms with Gasteiger partial charge in [0, 0.05) is 16.0 Å². The van der Waals surface area contributed by atoms with Crippen LogP contribution in [0.1, 0.15) is 5.56 Å². The Morgan fingerprint density at radius 3 is 2.73 bits per heavy atom. The van der Waals surface area contributed by atoms with E-state index in [0.717, 1.165) is 4.47 Å². The molecule has 0 aliphatic heterocycles. The maximum absolute atomic E-state index is 12.2. The predicted octanol–water partition coefficient (Wildman–Crippen LogP) is 3.52. The van der Waals surface area contributed by atoms with E-state index in [0.29, 0.717) is 22.1 Å². The maximum atomic E-state index is 12.2. The maximum Gasteiger partial charge on any atom is 0.241 e. The minimum absolute atomic E-state index is 0.198. The van der Waals surface area contributed by atoms with Gasteiger partial charge in [-0.15, -0.1) is 11.3 Å². The lowest BCUT2D eigenvalue weighted by molar-refractivity contribution is -0.113. The second kappa shape index (κ2) is 8.07. The van der Waals surface area contributed by atoms with Gasteiger partial charge in [0.1, 0.15) is 11.4 Å². The van der Waals surface area contributed by atoms with Crippen LogP contribution in [0.25, 0.3) is 11.4 Å². The highest BCUT2D eigenvalue weighted by molar-refractivity contribution is 9.10. The van der Waals surface area contributed by atoms with Crippen molar-refractivity contribution in [2.24, 2.45) is 0 Å². The first kappa shape index (κ1) is 18.7. The number of thiazole rings is 1. The lowest BCUT2D eigenvalue weighted by Gasteiger charge is -2.05. The molecule has 0 aliphatic rings. The summed E-state index contributed by atoms with van der Waals surface area (Å²) in [5.41, 5.74) is 1.94. The molecule has 2 heterocycles. The summed E-state index contributed by atoms with van der Waals surface area (Å²) in [6.07, 6.45) is 1.65. The molecule has 0 atom stereocenters. The Bertz CT molecular complexity index is 1020. The van der Waals surface area contributed by atoms with E-state index in [4.69, 9.17) is 0 Å². The van der Waals surface area contributed by atoms with Crippen molar-refractivity contribution in [1.29, 1.82) is 0 Å². The van der Waals surface area contributed by atoms with Crippen molar-refractivity contribution in [3.63, 3.8) is 0 Å². The van der Waals surface area contributed by atoms with E-state index in [9.17, 15) is 13.2 Å². The summed E-state index contributed by atoms with van der Waals surface area (Å²) in [5.74, 6) is -1.41. The number of nitrogens with zero attached hydrogens (tertiary/aromatic N) is 2. The van der Waals surface area contributed by atoms with E-state index < -0.39 is 21.5 Å². The summed E-state index contributed by atoms with van der Waals surface area (Å²) >= 11 is 4.52. The Morgan fingerprint density at radius 1 is 1.15 bits per heavy atom. The van der Waals surface area contributed by atoms with Crippen LogP contribution in [0.2, 0.25) is 0 Å². The Balaban J connectivity index is 1.62. The molecule has 0 radical (unpaired) electrons. The SMILES string of the molecule is O=C(CS(=O)(=O)Cc1cccc(Br)c1)Nc1nc(-c2ccccn2)cs1. The second-order valence-corrected chi connectivity index (χ2v) is 9.30. The van der Waals surface area contributed by atoms with Crippen LogP contribution in [0.3, 0.4) is 0 Å². The van der Waals surface area contributed by atoms with E-state index in [1.165, 1.54) is 11.3 Å². The first-order valence-corrected chi connectivity index (χ1v) is 11.0. The number of amides is 1. The molecule has 3 aromatic rings. The molecule has 0 fully saturated rings. The van der Waals surface area contributed by atoms with Gasteiger partial charge in [-0.3, -0.25) is 9.78 Å². The van der Waals surface area contributed by atoms with Crippen molar-refractivity contribution in [1.82, 2.24) is 9.97 Å². The highest BCUT2D eigenvalue weighted by atomic mass is 79.9. The zero-order valence-electron chi connectivity index (χ0n) is 13.4. The Hall–Kier alpha value is -2.10. The number of rotatable bonds is 6. The number of halogens is 1. The number of hydrogen-bond donors (Lipinski definition) is 1. The Kier molecular flexibility index (Phi) is 5.80. The normalized spacial score (nSPS) is 11.3. The van der Waals surface area contributed by atoms with E-state index in [1.807, 2.05) is 18.2 Å². The van der Waals surface area contributed by atoms with E-state index in [2.05, 4.69) is 31.2 Å². The minimum Gasteiger partial charge on any atom is -0.301 e. The molecule has 0 spiro atoms. The molecule has 1 aromatic carbocycles. The van der Waals surface area contributed by atoms with Gasteiger partial charge in [-0.05, 0) is 29.8 Å². The molecule has 0 bridgehead atoms. The summed E-state index contributed by atoms with van der Waals surface area (Å²) in [4.78, 5) is 20.5. The number of carbonyl (C=O) groups excluding carboxylic acids is 1. The van der Waals surface area contributed by atoms with Crippen molar-refractivity contribution < 1.29 is 13.2 Å². The quantitative estimate of drug-likeness (QED) is 0.618. The first-order chi connectivity index (χ1) is 12.4. The van der Waals surface area contributed by atoms with Gasteiger partial charge in [0.25, 0.3) is 0 Å². The average molecular weight is 452 g/mol. The molecule has 9 heteroatoms. The smallest absolute Gasteiger partial charge is 0.241 e. The monoisotopic (exact) mass is 451 g/mol. The van der Waals surface area contributed by atoms with E-state index in [-0.39, 0.29) is 5.75 Å². The summed E-state index contributed by atoms with van der Waals surface area (Å²) in [6.45, 7) is 0. The van der Waals surface area contributed by atoms with Crippen molar-refractivity contribution in [2.45, 2.75) is 5.75 Å². The first-order valence-electron chi connectivity index (χ1n) is 7.53. The molecular weight excluding hydrogens is 438 g/mol. The minimum atomic E-state index is -3.58. The third-order valence-corrected chi connectivity index (χ3v) is 6.03. The molecule has 0 unspecified atom stereocenters. The van der Waals surface area contributed by atoms with E-state index >= 15 is 0 Å². The summed E-state index contributed by atoms with van der Waals surface area (Å²) in [5, 5.41) is 4.64. The van der Waals surface area contributed by atoms with Gasteiger partial charge in [0.05, 0.1) is 11.4 Å². The molecule has 134 valence electrons. The van der Waals surface area contributed by atoms with Gasteiger partial charge < -0.3 is 5.32 Å². The molecule has 0 saturated carbocycles. The standard InChI is InChI=1S/C17H14BrN3O3S2/c18-13-5-3-4-12(8-13)10-26(23,24)11-16(22)21-17-20-15(9-25-17)14-6-1-2-7-19-14/h1-9H,10-11H2,(H,20,21,22). The van der Waals surface area contributed by atoms with Crippen LogP contribution in [0.5, 0.6) is 0 Å². The second-order valence-electron chi connectivity index (χ2n) is 5.46. The molecular formula is C17H14BrN3O3S2. The van der Waals surface area contributed by atoms with Crippen molar-refractivity contribution in [3.8, 4) is 11.4 Å². The fraction of sp³-hybridized carbons (Fsp3) is 0.118. The van der Waals surface area contributed by atoms with Crippen molar-refractivity contribution in [3.05, 3.63) is 64.1 Å². The third kappa shape index (κ3) is 5.20. The van der Waals surface area contributed by atoms with Crippen LogP contribution in [-0.2, 0) is 20.4 Å². The van der Waals surface area contributed by atoms with Crippen LogP contribution in [0.4, 0.5) is 5.13 Å². The number of aromatic nitrogens is 2. The Morgan fingerprint density at radius 2 is 2.00 bits per heavy atom. The summed E-state index contributed by atoms with van der Waals surface area (Å²) < 4.78 is 25.3. The topological polar surface area (TPSA) is 89.0 Å². The molecule has 6 nitrogen and oxygen atoms in total. The molecule has 3 rings (SSSR count). The van der Waals surface area contributed by atoms with Gasteiger partial charge >= 0.3 is 0 Å². The van der Waals surface area contributed by atoms with Crippen LogP contribution in [0, 0.1) is 0 Å². The number of carbonyl (C=O) groups is 1. The largest absolute Gasteiger partial charge is 0.301 e. The van der Waals surface area contributed by atoms with Crippen molar-refractivity contribution >= 4 is 48.1 Å². The number of pyridine rings is 1. The van der Waals surface area contributed by atoms with Crippen LogP contribution in [0.15, 0.2) is 58.5 Å². The molecule has 2 aromatic heterocycles. The Labute approximate surface area is 163 Å². The number of anilines is 1. The molecule has 0 saturated heterocycles. The fourth-order valence-electron chi connectivity index (χ4n) is 2.25. The van der Waals surface area contributed by atoms with Crippen LogP contribution >= 0.6 is 27.3 Å². The van der Waals surface area contributed by atoms with Gasteiger partial charge in [0.2, 0.25) is 5.91 Å². The highest BCUT2D eigenvalue weighted by Gasteiger charge is 2.19. The van der Waals surface area contributed by atoms with Crippen molar-refractivity contribution in [2.75, 3.05) is 11.1 Å². The van der Waals surface area contributed by atoms with Gasteiger partial charge in [-0.2, -0.15) is 0 Å². The van der Waals surface area contributed by atoms with Crippen LogP contribution < -0.4 is 5.32 Å². The zero-order chi connectivity index (χ0) is 18.6. The summed E-state index contributed by atoms with van der Waals surface area (Å²) in [7, 11) is -3.58. The average Bonchev–Trinajstić information content (AvgIpc) is 3.03. The lowest BCUT2D eigenvalue weighted by atomic mass is 10.2. The molecule has 1 amide bonds. The molecule has 1 N–H and O–H groups in total. The van der Waals surface area contributed by atoms with Gasteiger partial charge in [-0.1, -0.05) is 34.1 Å². The van der Waals surface area contributed by atoms with Gasteiger partial charge in [0.15, 0.2) is 15.0 Å². The summed E-state index contributed by atoms with van der Waals surface area (Å²) in [6, 6.07) is 12.4. The highest BCUT2D eigenvalue weighted by Crippen LogP contribution is 2.23. The predicted molar refractivity (Wildman–Crippen MR) is 106 cm³/mol. The lowest BCUT2D eigenvalue weighted by Crippen LogP contribution is -2.23.